The molecule has 2 N–H and O–H groups in total. The Labute approximate surface area is 205 Å². The van der Waals surface area contributed by atoms with Crippen molar-refractivity contribution in [2.24, 2.45) is 4.99 Å². The first-order valence-electron chi connectivity index (χ1n) is 9.95. The highest BCUT2D eigenvalue weighted by molar-refractivity contribution is 9.10. The minimum Gasteiger partial charge on any atom is -0.463 e. The fourth-order valence-electron chi connectivity index (χ4n) is 3.11. The molecule has 6 nitrogen and oxygen atoms in total. The number of amidine groups is 1. The standard InChI is InChI=1S/C23H23BrClN3O3S/c1-4-31-22(30)20-14(3)26-23(28-21(20)15-6-5-7-16(24)10-15)32-12-19(29)27-17-9-8-13(2)18(25)11-17/h5-11,21H,4,12H2,1-3H3,(H,26,28)(H,27,29)/t21-/m0/s1. The number of anilines is 1. The van der Waals surface area contributed by atoms with Gasteiger partial charge in [-0.3, -0.25) is 4.79 Å². The molecule has 1 aliphatic rings. The van der Waals surface area contributed by atoms with Crippen molar-refractivity contribution in [3.05, 3.63) is 74.4 Å². The molecule has 0 aliphatic carbocycles. The van der Waals surface area contributed by atoms with E-state index in [2.05, 4.69) is 26.6 Å². The van der Waals surface area contributed by atoms with Gasteiger partial charge >= 0.3 is 5.97 Å². The van der Waals surface area contributed by atoms with E-state index in [0.29, 0.717) is 27.1 Å². The average molecular weight is 537 g/mol. The number of amides is 1. The maximum absolute atomic E-state index is 12.6. The van der Waals surface area contributed by atoms with Crippen LogP contribution in [0.4, 0.5) is 5.69 Å². The first-order valence-corrected chi connectivity index (χ1v) is 12.1. The summed E-state index contributed by atoms with van der Waals surface area (Å²) in [4.78, 5) is 29.8. The van der Waals surface area contributed by atoms with Gasteiger partial charge < -0.3 is 15.4 Å². The minimum atomic E-state index is -0.533. The first-order chi connectivity index (χ1) is 15.3. The normalized spacial score (nSPS) is 15.7. The van der Waals surface area contributed by atoms with Crippen LogP contribution in [0.2, 0.25) is 5.02 Å². The molecule has 0 bridgehead atoms. The fraction of sp³-hybridized carbons (Fsp3) is 0.261. The summed E-state index contributed by atoms with van der Waals surface area (Å²) in [6, 6.07) is 12.5. The Morgan fingerprint density at radius 3 is 2.72 bits per heavy atom. The van der Waals surface area contributed by atoms with E-state index >= 15 is 0 Å². The number of halogens is 2. The number of hydrogen-bond donors (Lipinski definition) is 2. The maximum Gasteiger partial charge on any atom is 0.338 e. The molecule has 0 saturated carbocycles. The predicted molar refractivity (Wildman–Crippen MR) is 134 cm³/mol. The summed E-state index contributed by atoms with van der Waals surface area (Å²) in [5.74, 6) is -0.453. The first kappa shape index (κ1) is 24.4. The minimum absolute atomic E-state index is 0.143. The zero-order valence-electron chi connectivity index (χ0n) is 17.9. The van der Waals surface area contributed by atoms with E-state index in [1.165, 1.54) is 11.8 Å². The van der Waals surface area contributed by atoms with E-state index in [9.17, 15) is 9.59 Å². The van der Waals surface area contributed by atoms with Gasteiger partial charge in [0.05, 0.1) is 17.9 Å². The van der Waals surface area contributed by atoms with E-state index in [0.717, 1.165) is 15.6 Å². The Balaban J connectivity index is 1.76. The van der Waals surface area contributed by atoms with Crippen LogP contribution >= 0.6 is 39.3 Å². The molecule has 0 fully saturated rings. The van der Waals surface area contributed by atoms with Gasteiger partial charge in [0.1, 0.15) is 6.04 Å². The summed E-state index contributed by atoms with van der Waals surface area (Å²) in [5, 5.41) is 7.12. The lowest BCUT2D eigenvalue weighted by Gasteiger charge is -2.25. The van der Waals surface area contributed by atoms with Crippen molar-refractivity contribution in [2.75, 3.05) is 17.7 Å². The lowest BCUT2D eigenvalue weighted by Crippen LogP contribution is -2.31. The number of aliphatic imine (C=N–C) groups is 1. The summed E-state index contributed by atoms with van der Waals surface area (Å²) in [6.07, 6.45) is 0. The number of esters is 1. The van der Waals surface area contributed by atoms with Crippen molar-refractivity contribution in [2.45, 2.75) is 26.8 Å². The van der Waals surface area contributed by atoms with Gasteiger partial charge in [0.25, 0.3) is 0 Å². The molecule has 2 aromatic carbocycles. The molecule has 1 atom stereocenters. The molecule has 168 valence electrons. The number of carbonyl (C=O) groups excluding carboxylic acids is 2. The second-order valence-electron chi connectivity index (χ2n) is 7.08. The summed E-state index contributed by atoms with van der Waals surface area (Å²) >= 11 is 10.9. The van der Waals surface area contributed by atoms with Crippen molar-refractivity contribution in [1.82, 2.24) is 5.32 Å². The number of rotatable bonds is 6. The Morgan fingerprint density at radius 1 is 1.25 bits per heavy atom. The van der Waals surface area contributed by atoms with Crippen LogP contribution in [0.1, 0.15) is 31.0 Å². The van der Waals surface area contributed by atoms with Crippen LogP contribution in [0.5, 0.6) is 0 Å². The van der Waals surface area contributed by atoms with Gasteiger partial charge in [-0.15, -0.1) is 0 Å². The number of benzene rings is 2. The van der Waals surface area contributed by atoms with Crippen LogP contribution in [0.25, 0.3) is 0 Å². The van der Waals surface area contributed by atoms with Gasteiger partial charge in [0, 0.05) is 20.9 Å². The monoisotopic (exact) mass is 535 g/mol. The number of ether oxygens (including phenoxy) is 1. The van der Waals surface area contributed by atoms with Crippen LogP contribution in [0.15, 0.2) is 63.2 Å². The molecular formula is C23H23BrClN3O3S. The van der Waals surface area contributed by atoms with E-state index in [1.807, 2.05) is 43.3 Å². The fourth-order valence-corrected chi connectivity index (χ4v) is 4.46. The summed E-state index contributed by atoms with van der Waals surface area (Å²) < 4.78 is 6.14. The SMILES string of the molecule is CCOC(=O)C1=C(C)NC(SCC(=O)Nc2ccc(C)c(Cl)c2)=N[C@H]1c1cccc(Br)c1. The second kappa shape index (κ2) is 11.0. The third-order valence-electron chi connectivity index (χ3n) is 4.67. The molecule has 9 heteroatoms. The van der Waals surface area contributed by atoms with Gasteiger partial charge in [0.2, 0.25) is 5.91 Å². The van der Waals surface area contributed by atoms with E-state index in [1.54, 1.807) is 19.9 Å². The van der Waals surface area contributed by atoms with Crippen molar-refractivity contribution in [3.63, 3.8) is 0 Å². The van der Waals surface area contributed by atoms with E-state index in [4.69, 9.17) is 21.3 Å². The van der Waals surface area contributed by atoms with Crippen molar-refractivity contribution in [1.29, 1.82) is 0 Å². The zero-order chi connectivity index (χ0) is 23.3. The number of nitrogens with zero attached hydrogens (tertiary/aromatic N) is 1. The smallest absolute Gasteiger partial charge is 0.338 e. The number of nitrogens with one attached hydrogen (secondary N) is 2. The Hall–Kier alpha value is -2.29. The zero-order valence-corrected chi connectivity index (χ0v) is 21.0. The van der Waals surface area contributed by atoms with Crippen molar-refractivity contribution in [3.8, 4) is 0 Å². The number of allylic oxidation sites excluding steroid dienone is 1. The third kappa shape index (κ3) is 6.15. The molecule has 0 aromatic heterocycles. The van der Waals surface area contributed by atoms with Crippen LogP contribution in [0, 0.1) is 6.92 Å². The number of thioether (sulfide) groups is 1. The topological polar surface area (TPSA) is 79.8 Å². The number of carbonyl (C=O) groups is 2. The number of hydrogen-bond acceptors (Lipinski definition) is 6. The average Bonchev–Trinajstić information content (AvgIpc) is 2.74. The Bertz CT molecular complexity index is 1100. The molecule has 1 heterocycles. The van der Waals surface area contributed by atoms with Gasteiger partial charge in [-0.2, -0.15) is 0 Å². The van der Waals surface area contributed by atoms with Crippen molar-refractivity contribution < 1.29 is 14.3 Å². The maximum atomic E-state index is 12.6. The van der Waals surface area contributed by atoms with E-state index in [-0.39, 0.29) is 18.3 Å². The lowest BCUT2D eigenvalue weighted by molar-refractivity contribution is -0.139. The Kier molecular flexibility index (Phi) is 8.39. The molecule has 1 amide bonds. The van der Waals surface area contributed by atoms with Crippen LogP contribution in [0.3, 0.4) is 0 Å². The molecule has 0 spiro atoms. The summed E-state index contributed by atoms with van der Waals surface area (Å²) in [6.45, 7) is 5.75. The lowest BCUT2D eigenvalue weighted by atomic mass is 9.97. The Morgan fingerprint density at radius 2 is 2.03 bits per heavy atom. The van der Waals surface area contributed by atoms with Gasteiger partial charge in [-0.1, -0.05) is 57.5 Å². The summed E-state index contributed by atoms with van der Waals surface area (Å²) in [7, 11) is 0. The summed E-state index contributed by atoms with van der Waals surface area (Å²) in [5.41, 5.74) is 3.53. The molecule has 0 saturated heterocycles. The second-order valence-corrected chi connectivity index (χ2v) is 9.36. The van der Waals surface area contributed by atoms with Crippen LogP contribution in [-0.2, 0) is 14.3 Å². The van der Waals surface area contributed by atoms with Crippen molar-refractivity contribution >= 4 is 62.0 Å². The highest BCUT2D eigenvalue weighted by Crippen LogP contribution is 2.34. The van der Waals surface area contributed by atoms with Gasteiger partial charge in [0.15, 0.2) is 5.17 Å². The quantitative estimate of drug-likeness (QED) is 0.469. The molecule has 32 heavy (non-hydrogen) atoms. The highest BCUT2D eigenvalue weighted by Gasteiger charge is 2.30. The molecule has 0 unspecified atom stereocenters. The molecule has 2 aromatic rings. The predicted octanol–water partition coefficient (Wildman–Crippen LogP) is 5.62. The molecule has 0 radical (unpaired) electrons. The van der Waals surface area contributed by atoms with Crippen LogP contribution < -0.4 is 10.6 Å². The van der Waals surface area contributed by atoms with Crippen LogP contribution in [-0.4, -0.2) is 29.4 Å². The molecular weight excluding hydrogens is 514 g/mol. The van der Waals surface area contributed by atoms with E-state index < -0.39 is 12.0 Å². The largest absolute Gasteiger partial charge is 0.463 e. The highest BCUT2D eigenvalue weighted by atomic mass is 79.9. The van der Waals surface area contributed by atoms with Gasteiger partial charge in [-0.05, 0) is 56.2 Å². The molecule has 1 aliphatic heterocycles. The third-order valence-corrected chi connectivity index (χ3v) is 6.46. The molecule has 3 rings (SSSR count). The van der Waals surface area contributed by atoms with Gasteiger partial charge in [-0.25, -0.2) is 9.79 Å². The number of aryl methyl sites for hydroxylation is 1.